The quantitative estimate of drug-likeness (QED) is 0.568. The average Bonchev–Trinajstić information content (AvgIpc) is 2.14. The van der Waals surface area contributed by atoms with E-state index < -0.39 is 18.7 Å². The number of carboxylic acids is 1. The summed E-state index contributed by atoms with van der Waals surface area (Å²) in [6.07, 6.45) is 3.91. The van der Waals surface area contributed by atoms with Gasteiger partial charge in [-0.2, -0.15) is 0 Å². The van der Waals surface area contributed by atoms with Crippen LogP contribution in [0.1, 0.15) is 39.5 Å². The van der Waals surface area contributed by atoms with Crippen LogP contribution < -0.4 is 0 Å². The highest BCUT2D eigenvalue weighted by molar-refractivity contribution is 5.71. The molecule has 0 aliphatic heterocycles. The summed E-state index contributed by atoms with van der Waals surface area (Å²) in [4.78, 5) is 9.52. The molecule has 0 rings (SSSR count). The molecule has 0 fully saturated rings. The second-order valence-corrected chi connectivity index (χ2v) is 2.74. The molecule has 0 aliphatic carbocycles. The molecular formula is C9H20O4. The molecule has 4 nitrogen and oxygen atoms in total. The van der Waals surface area contributed by atoms with Crippen molar-refractivity contribution in [3.63, 3.8) is 0 Å². The Morgan fingerprint density at radius 1 is 1.23 bits per heavy atom. The van der Waals surface area contributed by atoms with Crippen molar-refractivity contribution >= 4 is 5.97 Å². The van der Waals surface area contributed by atoms with E-state index in [0.717, 1.165) is 0 Å². The normalized spacial score (nSPS) is 11.4. The number of aliphatic hydroxyl groups excluding tert-OH is 2. The second-order valence-electron chi connectivity index (χ2n) is 2.74. The van der Waals surface area contributed by atoms with Gasteiger partial charge in [-0.1, -0.05) is 39.5 Å². The first-order valence-corrected chi connectivity index (χ1v) is 4.61. The smallest absolute Gasteiger partial charge is 0.334 e. The Labute approximate surface area is 79.2 Å². The molecule has 80 valence electrons. The van der Waals surface area contributed by atoms with Gasteiger partial charge in [0.1, 0.15) is 0 Å². The molecule has 1 atom stereocenters. The first kappa shape index (κ1) is 14.9. The molecule has 3 N–H and O–H groups in total. The number of aliphatic hydroxyl groups is 2. The number of unbranched alkanes of at least 4 members (excludes halogenated alkanes) is 3. The van der Waals surface area contributed by atoms with Crippen LogP contribution in [-0.2, 0) is 4.79 Å². The molecule has 0 aromatic rings. The van der Waals surface area contributed by atoms with E-state index in [1.165, 1.54) is 25.7 Å². The molecular weight excluding hydrogens is 172 g/mol. The number of hydrogen-bond acceptors (Lipinski definition) is 3. The number of hydrogen-bond donors (Lipinski definition) is 3. The summed E-state index contributed by atoms with van der Waals surface area (Å²) >= 11 is 0. The van der Waals surface area contributed by atoms with E-state index in [4.69, 9.17) is 15.3 Å². The highest BCUT2D eigenvalue weighted by atomic mass is 16.4. The Hall–Kier alpha value is -0.610. The topological polar surface area (TPSA) is 77.8 Å². The lowest BCUT2D eigenvalue weighted by Crippen LogP contribution is -2.22. The van der Waals surface area contributed by atoms with Crippen molar-refractivity contribution < 1.29 is 20.1 Å². The number of aliphatic carboxylic acids is 1. The van der Waals surface area contributed by atoms with Crippen molar-refractivity contribution in [3.8, 4) is 0 Å². The fraction of sp³-hybridized carbons (Fsp3) is 0.889. The van der Waals surface area contributed by atoms with Crippen LogP contribution in [0.3, 0.4) is 0 Å². The number of rotatable bonds is 5. The van der Waals surface area contributed by atoms with Crippen molar-refractivity contribution in [2.45, 2.75) is 45.6 Å². The molecule has 0 saturated carbocycles. The van der Waals surface area contributed by atoms with E-state index in [9.17, 15) is 4.79 Å². The molecule has 0 aliphatic rings. The molecule has 0 heterocycles. The van der Waals surface area contributed by atoms with E-state index in [-0.39, 0.29) is 0 Å². The summed E-state index contributed by atoms with van der Waals surface area (Å²) in [5.41, 5.74) is 0. The first-order chi connectivity index (χ1) is 6.09. The van der Waals surface area contributed by atoms with Crippen LogP contribution in [0.4, 0.5) is 0 Å². The largest absolute Gasteiger partial charge is 0.479 e. The van der Waals surface area contributed by atoms with Gasteiger partial charge in [0.05, 0.1) is 6.61 Å². The second kappa shape index (κ2) is 11.4. The third-order valence-corrected chi connectivity index (χ3v) is 1.42. The molecule has 0 aromatic carbocycles. The van der Waals surface area contributed by atoms with E-state index in [1.54, 1.807) is 0 Å². The van der Waals surface area contributed by atoms with Gasteiger partial charge >= 0.3 is 5.97 Å². The minimum absolute atomic E-state index is 0.727. The van der Waals surface area contributed by atoms with Gasteiger partial charge in [0.25, 0.3) is 0 Å². The molecule has 0 spiro atoms. The van der Waals surface area contributed by atoms with Gasteiger partial charge in [-0.3, -0.25) is 0 Å². The van der Waals surface area contributed by atoms with Crippen LogP contribution in [0.25, 0.3) is 0 Å². The van der Waals surface area contributed by atoms with Gasteiger partial charge in [0.2, 0.25) is 0 Å². The lowest BCUT2D eigenvalue weighted by Gasteiger charge is -1.95. The standard InChI is InChI=1S/C6H14.C3H6O4/c1-3-5-6-4-2;4-1-2(5)3(6)7/h3-6H2,1-2H3;2,4-5H,1H2,(H,6,7). The van der Waals surface area contributed by atoms with Crippen LogP contribution in [0.2, 0.25) is 0 Å². The fourth-order valence-electron chi connectivity index (χ4n) is 0.578. The number of carboxylic acid groups (broad SMARTS) is 1. The average molecular weight is 192 g/mol. The Kier molecular flexibility index (Phi) is 13.0. The zero-order valence-electron chi connectivity index (χ0n) is 8.36. The SMILES string of the molecule is CCCCCC.O=C(O)C(O)CO. The van der Waals surface area contributed by atoms with Crippen molar-refractivity contribution in [1.82, 2.24) is 0 Å². The Morgan fingerprint density at radius 2 is 1.62 bits per heavy atom. The summed E-state index contributed by atoms with van der Waals surface area (Å²) in [6.45, 7) is 3.74. The monoisotopic (exact) mass is 192 g/mol. The maximum atomic E-state index is 9.52. The number of carbonyl (C=O) groups is 1. The van der Waals surface area contributed by atoms with Crippen molar-refractivity contribution in [1.29, 1.82) is 0 Å². The molecule has 4 heteroatoms. The molecule has 0 aromatic heterocycles. The molecule has 0 bridgehead atoms. The van der Waals surface area contributed by atoms with Crippen LogP contribution in [0.15, 0.2) is 0 Å². The summed E-state index contributed by atoms with van der Waals surface area (Å²) in [5, 5.41) is 23.7. The summed E-state index contributed by atoms with van der Waals surface area (Å²) < 4.78 is 0. The van der Waals surface area contributed by atoms with E-state index in [1.807, 2.05) is 0 Å². The lowest BCUT2D eigenvalue weighted by molar-refractivity contribution is -0.148. The highest BCUT2D eigenvalue weighted by Crippen LogP contribution is 1.95. The van der Waals surface area contributed by atoms with Crippen LogP contribution in [0.5, 0.6) is 0 Å². The van der Waals surface area contributed by atoms with Gasteiger partial charge < -0.3 is 15.3 Å². The van der Waals surface area contributed by atoms with Crippen molar-refractivity contribution in [2.75, 3.05) is 6.61 Å². The van der Waals surface area contributed by atoms with Crippen LogP contribution in [-0.4, -0.2) is 34.0 Å². The summed E-state index contributed by atoms with van der Waals surface area (Å²) in [7, 11) is 0. The Morgan fingerprint density at radius 3 is 1.69 bits per heavy atom. The molecule has 1 unspecified atom stereocenters. The Balaban J connectivity index is 0. The van der Waals surface area contributed by atoms with Gasteiger partial charge in [-0.15, -0.1) is 0 Å². The van der Waals surface area contributed by atoms with E-state index in [0.29, 0.717) is 0 Å². The van der Waals surface area contributed by atoms with Crippen molar-refractivity contribution in [2.24, 2.45) is 0 Å². The zero-order valence-corrected chi connectivity index (χ0v) is 8.36. The molecule has 0 radical (unpaired) electrons. The Bertz CT molecular complexity index is 110. The molecule has 0 amide bonds. The summed E-state index contributed by atoms with van der Waals surface area (Å²) in [6, 6.07) is 0. The lowest BCUT2D eigenvalue weighted by atomic mass is 10.2. The van der Waals surface area contributed by atoms with Crippen LogP contribution >= 0.6 is 0 Å². The minimum Gasteiger partial charge on any atom is -0.479 e. The third kappa shape index (κ3) is 14.3. The highest BCUT2D eigenvalue weighted by Gasteiger charge is 2.08. The van der Waals surface area contributed by atoms with Crippen molar-refractivity contribution in [3.05, 3.63) is 0 Å². The summed E-state index contributed by atoms with van der Waals surface area (Å²) in [5.74, 6) is -1.40. The third-order valence-electron chi connectivity index (χ3n) is 1.42. The fourth-order valence-corrected chi connectivity index (χ4v) is 0.578. The van der Waals surface area contributed by atoms with Crippen LogP contribution in [0, 0.1) is 0 Å². The van der Waals surface area contributed by atoms with Gasteiger partial charge in [-0.05, 0) is 0 Å². The predicted octanol–water partition coefficient (Wildman–Crippen LogP) is 1.01. The molecule has 0 saturated heterocycles. The first-order valence-electron chi connectivity index (χ1n) is 4.61. The minimum atomic E-state index is -1.63. The molecule has 13 heavy (non-hydrogen) atoms. The van der Waals surface area contributed by atoms with E-state index in [2.05, 4.69) is 13.8 Å². The van der Waals surface area contributed by atoms with Gasteiger partial charge in [0, 0.05) is 0 Å². The predicted molar refractivity (Wildman–Crippen MR) is 50.5 cm³/mol. The maximum Gasteiger partial charge on any atom is 0.334 e. The zero-order chi connectivity index (χ0) is 10.7. The van der Waals surface area contributed by atoms with E-state index >= 15 is 0 Å². The maximum absolute atomic E-state index is 9.52. The van der Waals surface area contributed by atoms with Gasteiger partial charge in [0.15, 0.2) is 6.10 Å². The van der Waals surface area contributed by atoms with Gasteiger partial charge in [-0.25, -0.2) is 4.79 Å².